The molecule has 0 atom stereocenters. The van der Waals surface area contributed by atoms with Crippen LogP contribution in [0.2, 0.25) is 5.02 Å². The van der Waals surface area contributed by atoms with Crippen molar-refractivity contribution < 1.29 is 24.2 Å². The number of aliphatic carboxylic acids is 1. The summed E-state index contributed by atoms with van der Waals surface area (Å²) < 4.78 is 10.4. The third-order valence-corrected chi connectivity index (χ3v) is 2.46. The molecule has 6 nitrogen and oxygen atoms in total. The van der Waals surface area contributed by atoms with Gasteiger partial charge in [0.15, 0.2) is 11.5 Å². The Hall–Kier alpha value is -1.95. The SMILES string of the molecule is CCOc1cc(C(=O)NCC(=O)O)cc(Cl)c1OC. The highest BCUT2D eigenvalue weighted by Crippen LogP contribution is 2.36. The highest BCUT2D eigenvalue weighted by atomic mass is 35.5. The molecule has 0 unspecified atom stereocenters. The molecule has 7 heteroatoms. The number of rotatable bonds is 6. The normalized spacial score (nSPS) is 9.84. The maximum atomic E-state index is 11.7. The summed E-state index contributed by atoms with van der Waals surface area (Å²) in [5.41, 5.74) is 0.204. The van der Waals surface area contributed by atoms with E-state index in [-0.39, 0.29) is 10.6 Å². The van der Waals surface area contributed by atoms with E-state index in [4.69, 9.17) is 26.2 Å². The van der Waals surface area contributed by atoms with Crippen molar-refractivity contribution in [2.45, 2.75) is 6.92 Å². The summed E-state index contributed by atoms with van der Waals surface area (Å²) in [6.07, 6.45) is 0. The van der Waals surface area contributed by atoms with Gasteiger partial charge in [0.1, 0.15) is 6.54 Å². The van der Waals surface area contributed by atoms with Crippen LogP contribution >= 0.6 is 11.6 Å². The number of methoxy groups -OCH3 is 1. The van der Waals surface area contributed by atoms with Crippen LogP contribution < -0.4 is 14.8 Å². The minimum atomic E-state index is -1.13. The molecule has 0 aliphatic heterocycles. The molecule has 0 heterocycles. The molecule has 0 aliphatic carbocycles. The molecular formula is C12H14ClNO5. The van der Waals surface area contributed by atoms with Crippen molar-refractivity contribution in [3.63, 3.8) is 0 Å². The zero-order chi connectivity index (χ0) is 14.4. The van der Waals surface area contributed by atoms with E-state index < -0.39 is 18.4 Å². The number of benzene rings is 1. The van der Waals surface area contributed by atoms with Crippen LogP contribution in [-0.4, -0.2) is 37.2 Å². The van der Waals surface area contributed by atoms with Gasteiger partial charge in [-0.3, -0.25) is 9.59 Å². The van der Waals surface area contributed by atoms with Crippen molar-refractivity contribution in [2.75, 3.05) is 20.3 Å². The lowest BCUT2D eigenvalue weighted by Crippen LogP contribution is -2.29. The van der Waals surface area contributed by atoms with Crippen molar-refractivity contribution in [3.8, 4) is 11.5 Å². The van der Waals surface area contributed by atoms with Crippen molar-refractivity contribution in [2.24, 2.45) is 0 Å². The van der Waals surface area contributed by atoms with Crippen LogP contribution in [-0.2, 0) is 4.79 Å². The van der Waals surface area contributed by atoms with E-state index in [1.54, 1.807) is 6.92 Å². The number of ether oxygens (including phenoxy) is 2. The average Bonchev–Trinajstić information content (AvgIpc) is 2.36. The zero-order valence-corrected chi connectivity index (χ0v) is 11.3. The molecule has 1 rings (SSSR count). The number of hydrogen-bond donors (Lipinski definition) is 2. The summed E-state index contributed by atoms with van der Waals surface area (Å²) in [6.45, 7) is 1.70. The Morgan fingerprint density at radius 1 is 1.42 bits per heavy atom. The molecule has 0 spiro atoms. The van der Waals surface area contributed by atoms with E-state index in [1.165, 1.54) is 19.2 Å². The van der Waals surface area contributed by atoms with Crippen LogP contribution in [0.25, 0.3) is 0 Å². The molecule has 2 N–H and O–H groups in total. The van der Waals surface area contributed by atoms with Crippen LogP contribution in [0.3, 0.4) is 0 Å². The van der Waals surface area contributed by atoms with E-state index in [0.29, 0.717) is 18.1 Å². The van der Waals surface area contributed by atoms with Crippen LogP contribution in [0.1, 0.15) is 17.3 Å². The molecule has 1 aromatic carbocycles. The van der Waals surface area contributed by atoms with Crippen LogP contribution in [0, 0.1) is 0 Å². The predicted octanol–water partition coefficient (Wildman–Crippen LogP) is 1.56. The number of carbonyl (C=O) groups is 2. The Morgan fingerprint density at radius 2 is 2.11 bits per heavy atom. The first kappa shape index (κ1) is 15.1. The number of carboxylic acid groups (broad SMARTS) is 1. The summed E-state index contributed by atoms with van der Waals surface area (Å²) in [7, 11) is 1.44. The maximum Gasteiger partial charge on any atom is 0.322 e. The molecule has 1 aromatic rings. The zero-order valence-electron chi connectivity index (χ0n) is 10.5. The molecule has 1 amide bonds. The molecule has 0 aliphatic rings. The lowest BCUT2D eigenvalue weighted by molar-refractivity contribution is -0.135. The van der Waals surface area contributed by atoms with Gasteiger partial charge in [-0.25, -0.2) is 0 Å². The molecule has 104 valence electrons. The Morgan fingerprint density at radius 3 is 2.63 bits per heavy atom. The smallest absolute Gasteiger partial charge is 0.322 e. The number of amides is 1. The van der Waals surface area contributed by atoms with Gasteiger partial charge in [-0.15, -0.1) is 0 Å². The summed E-state index contributed by atoms with van der Waals surface area (Å²) in [5, 5.41) is 11.0. The fourth-order valence-corrected chi connectivity index (χ4v) is 1.71. The number of carbonyl (C=O) groups excluding carboxylic acids is 1. The van der Waals surface area contributed by atoms with Gasteiger partial charge < -0.3 is 19.9 Å². The molecular weight excluding hydrogens is 274 g/mol. The Labute approximate surface area is 115 Å². The first-order chi connectivity index (χ1) is 8.99. The van der Waals surface area contributed by atoms with Crippen LogP contribution in [0.4, 0.5) is 0 Å². The number of nitrogens with one attached hydrogen (secondary N) is 1. The predicted molar refractivity (Wildman–Crippen MR) is 69.1 cm³/mol. The second kappa shape index (κ2) is 6.84. The van der Waals surface area contributed by atoms with Gasteiger partial charge in [-0.1, -0.05) is 11.6 Å². The van der Waals surface area contributed by atoms with Gasteiger partial charge in [0.05, 0.1) is 18.7 Å². The van der Waals surface area contributed by atoms with Crippen molar-refractivity contribution in [1.82, 2.24) is 5.32 Å². The molecule has 0 aromatic heterocycles. The second-order valence-electron chi connectivity index (χ2n) is 3.50. The number of carboxylic acids is 1. The highest BCUT2D eigenvalue weighted by Gasteiger charge is 2.15. The summed E-state index contributed by atoms with van der Waals surface area (Å²) in [6, 6.07) is 2.84. The summed E-state index contributed by atoms with van der Waals surface area (Å²) in [4.78, 5) is 22.1. The van der Waals surface area contributed by atoms with Crippen LogP contribution in [0.5, 0.6) is 11.5 Å². The third kappa shape index (κ3) is 4.03. The van der Waals surface area contributed by atoms with Crippen molar-refractivity contribution in [1.29, 1.82) is 0 Å². The fourth-order valence-electron chi connectivity index (χ4n) is 1.42. The van der Waals surface area contributed by atoms with Gasteiger partial charge in [0.2, 0.25) is 0 Å². The van der Waals surface area contributed by atoms with Gasteiger partial charge in [0, 0.05) is 5.56 Å². The van der Waals surface area contributed by atoms with Gasteiger partial charge >= 0.3 is 5.97 Å². The standard InChI is InChI=1S/C12H14ClNO5/c1-3-19-9-5-7(4-8(13)11(9)18-2)12(17)14-6-10(15)16/h4-5H,3,6H2,1-2H3,(H,14,17)(H,15,16). The lowest BCUT2D eigenvalue weighted by Gasteiger charge is -2.12. The topological polar surface area (TPSA) is 84.9 Å². The summed E-state index contributed by atoms with van der Waals surface area (Å²) >= 11 is 5.98. The molecule has 19 heavy (non-hydrogen) atoms. The quantitative estimate of drug-likeness (QED) is 0.829. The number of hydrogen-bond acceptors (Lipinski definition) is 4. The van der Waals surface area contributed by atoms with E-state index in [1.807, 2.05) is 0 Å². The highest BCUT2D eigenvalue weighted by molar-refractivity contribution is 6.32. The second-order valence-corrected chi connectivity index (χ2v) is 3.91. The number of halogens is 1. The largest absolute Gasteiger partial charge is 0.491 e. The lowest BCUT2D eigenvalue weighted by atomic mass is 10.2. The molecule has 0 radical (unpaired) electrons. The molecule has 0 fully saturated rings. The van der Waals surface area contributed by atoms with E-state index >= 15 is 0 Å². The minimum Gasteiger partial charge on any atom is -0.491 e. The van der Waals surface area contributed by atoms with Gasteiger partial charge in [0.25, 0.3) is 5.91 Å². The Balaban J connectivity index is 3.02. The fraction of sp³-hybridized carbons (Fsp3) is 0.333. The Bertz CT molecular complexity index is 489. The third-order valence-electron chi connectivity index (χ3n) is 2.18. The van der Waals surface area contributed by atoms with Crippen LogP contribution in [0.15, 0.2) is 12.1 Å². The Kier molecular flexibility index (Phi) is 5.44. The minimum absolute atomic E-state index is 0.204. The van der Waals surface area contributed by atoms with Gasteiger partial charge in [-0.2, -0.15) is 0 Å². The maximum absolute atomic E-state index is 11.7. The molecule has 0 saturated carbocycles. The molecule has 0 bridgehead atoms. The average molecular weight is 288 g/mol. The molecule has 0 saturated heterocycles. The van der Waals surface area contributed by atoms with Crippen molar-refractivity contribution in [3.05, 3.63) is 22.7 Å². The van der Waals surface area contributed by atoms with E-state index in [2.05, 4.69) is 5.32 Å². The van der Waals surface area contributed by atoms with Gasteiger partial charge in [-0.05, 0) is 19.1 Å². The summed E-state index contributed by atoms with van der Waals surface area (Å²) in [5.74, 6) is -1.01. The van der Waals surface area contributed by atoms with E-state index in [0.717, 1.165) is 0 Å². The first-order valence-electron chi connectivity index (χ1n) is 5.49. The van der Waals surface area contributed by atoms with E-state index in [9.17, 15) is 9.59 Å². The monoisotopic (exact) mass is 287 g/mol. The first-order valence-corrected chi connectivity index (χ1v) is 5.87. The van der Waals surface area contributed by atoms with Crippen molar-refractivity contribution >= 4 is 23.5 Å².